The van der Waals surface area contributed by atoms with Crippen molar-refractivity contribution in [2.24, 2.45) is 5.92 Å². The molecule has 0 aliphatic heterocycles. The van der Waals surface area contributed by atoms with E-state index in [9.17, 15) is 4.79 Å². The molecule has 2 aromatic rings. The van der Waals surface area contributed by atoms with Crippen molar-refractivity contribution in [3.63, 3.8) is 0 Å². The Bertz CT molecular complexity index is 619. The summed E-state index contributed by atoms with van der Waals surface area (Å²) in [7, 11) is 0. The van der Waals surface area contributed by atoms with E-state index < -0.39 is 0 Å². The lowest BCUT2D eigenvalue weighted by atomic mass is 10.1. The highest BCUT2D eigenvalue weighted by Gasteiger charge is 2.10. The molecule has 23 heavy (non-hydrogen) atoms. The molecule has 5 heteroatoms. The molecular weight excluding hydrogens is 288 g/mol. The maximum atomic E-state index is 11.7. The summed E-state index contributed by atoms with van der Waals surface area (Å²) in [4.78, 5) is 11.7. The molecule has 1 aromatic carbocycles. The van der Waals surface area contributed by atoms with Crippen LogP contribution in [0.15, 0.2) is 30.3 Å². The number of rotatable bonds is 8. The first-order valence-electron chi connectivity index (χ1n) is 8.31. The van der Waals surface area contributed by atoms with Crippen molar-refractivity contribution >= 4 is 5.91 Å². The first kappa shape index (κ1) is 17.2. The van der Waals surface area contributed by atoms with Crippen LogP contribution in [0.4, 0.5) is 0 Å². The Morgan fingerprint density at radius 2 is 1.91 bits per heavy atom. The van der Waals surface area contributed by atoms with Crippen LogP contribution in [0.25, 0.3) is 5.69 Å². The van der Waals surface area contributed by atoms with Crippen LogP contribution in [0.1, 0.15) is 44.8 Å². The molecule has 0 aliphatic rings. The quantitative estimate of drug-likeness (QED) is 0.762. The summed E-state index contributed by atoms with van der Waals surface area (Å²) >= 11 is 0. The molecule has 0 bridgehead atoms. The number of nitrogens with zero attached hydrogens (tertiary/aromatic N) is 3. The molecule has 1 aromatic heterocycles. The van der Waals surface area contributed by atoms with Gasteiger partial charge in [-0.05, 0) is 37.8 Å². The maximum absolute atomic E-state index is 11.7. The zero-order valence-corrected chi connectivity index (χ0v) is 14.2. The molecule has 2 rings (SSSR count). The van der Waals surface area contributed by atoms with Crippen molar-refractivity contribution in [1.29, 1.82) is 0 Å². The van der Waals surface area contributed by atoms with Gasteiger partial charge in [0.05, 0.1) is 0 Å². The SMILES string of the molecule is Cc1nnc(CCCCC(=O)NCC(C)C)n1-c1ccccc1. The van der Waals surface area contributed by atoms with E-state index in [2.05, 4.69) is 46.1 Å². The molecule has 0 saturated carbocycles. The van der Waals surface area contributed by atoms with Crippen LogP contribution in [0.3, 0.4) is 0 Å². The van der Waals surface area contributed by atoms with Crippen LogP contribution in [-0.2, 0) is 11.2 Å². The Hall–Kier alpha value is -2.17. The predicted molar refractivity (Wildman–Crippen MR) is 91.5 cm³/mol. The topological polar surface area (TPSA) is 59.8 Å². The normalized spacial score (nSPS) is 11.0. The number of para-hydroxylation sites is 1. The number of aromatic nitrogens is 3. The fourth-order valence-electron chi connectivity index (χ4n) is 2.46. The molecule has 0 fully saturated rings. The van der Waals surface area contributed by atoms with Gasteiger partial charge in [-0.2, -0.15) is 0 Å². The minimum atomic E-state index is 0.138. The Labute approximate surface area is 138 Å². The summed E-state index contributed by atoms with van der Waals surface area (Å²) in [5, 5.41) is 11.4. The first-order valence-corrected chi connectivity index (χ1v) is 8.31. The third kappa shape index (κ3) is 5.20. The molecule has 0 atom stereocenters. The van der Waals surface area contributed by atoms with Crippen molar-refractivity contribution in [1.82, 2.24) is 20.1 Å². The summed E-state index contributed by atoms with van der Waals surface area (Å²) < 4.78 is 2.08. The van der Waals surface area contributed by atoms with E-state index in [-0.39, 0.29) is 5.91 Å². The molecule has 0 radical (unpaired) electrons. The maximum Gasteiger partial charge on any atom is 0.220 e. The minimum Gasteiger partial charge on any atom is -0.356 e. The smallest absolute Gasteiger partial charge is 0.220 e. The summed E-state index contributed by atoms with van der Waals surface area (Å²) in [5.74, 6) is 2.47. The lowest BCUT2D eigenvalue weighted by Crippen LogP contribution is -2.26. The summed E-state index contributed by atoms with van der Waals surface area (Å²) in [6, 6.07) is 10.1. The average Bonchev–Trinajstić information content (AvgIpc) is 2.91. The lowest BCUT2D eigenvalue weighted by molar-refractivity contribution is -0.121. The second-order valence-corrected chi connectivity index (χ2v) is 6.24. The highest BCUT2D eigenvalue weighted by Crippen LogP contribution is 2.14. The number of benzene rings is 1. The van der Waals surface area contributed by atoms with E-state index >= 15 is 0 Å². The van der Waals surface area contributed by atoms with Crippen molar-refractivity contribution in [3.8, 4) is 5.69 Å². The molecule has 1 N–H and O–H groups in total. The van der Waals surface area contributed by atoms with Gasteiger partial charge in [0.1, 0.15) is 11.6 Å². The summed E-state index contributed by atoms with van der Waals surface area (Å²) in [5.41, 5.74) is 1.08. The Morgan fingerprint density at radius 3 is 2.61 bits per heavy atom. The van der Waals surface area contributed by atoms with Crippen LogP contribution < -0.4 is 5.32 Å². The number of carbonyl (C=O) groups is 1. The second kappa shape index (κ2) is 8.46. The van der Waals surface area contributed by atoms with Gasteiger partial charge in [-0.25, -0.2) is 0 Å². The van der Waals surface area contributed by atoms with Gasteiger partial charge in [0, 0.05) is 25.1 Å². The van der Waals surface area contributed by atoms with Crippen molar-refractivity contribution in [2.75, 3.05) is 6.54 Å². The Balaban J connectivity index is 1.84. The number of hydrogen-bond donors (Lipinski definition) is 1. The third-order valence-electron chi connectivity index (χ3n) is 3.67. The number of hydrogen-bond acceptors (Lipinski definition) is 3. The van der Waals surface area contributed by atoms with Gasteiger partial charge in [0.15, 0.2) is 0 Å². The number of unbranched alkanes of at least 4 members (excludes halogenated alkanes) is 1. The van der Waals surface area contributed by atoms with Gasteiger partial charge in [0.2, 0.25) is 5.91 Å². The number of aryl methyl sites for hydroxylation is 2. The Morgan fingerprint density at radius 1 is 1.17 bits per heavy atom. The van der Waals surface area contributed by atoms with Gasteiger partial charge in [-0.3, -0.25) is 9.36 Å². The summed E-state index contributed by atoms with van der Waals surface area (Å²) in [6.07, 6.45) is 3.20. The van der Waals surface area contributed by atoms with Crippen LogP contribution in [-0.4, -0.2) is 27.2 Å². The van der Waals surface area contributed by atoms with Gasteiger partial charge >= 0.3 is 0 Å². The molecule has 1 heterocycles. The average molecular weight is 314 g/mol. The molecule has 1 amide bonds. The molecule has 0 spiro atoms. The van der Waals surface area contributed by atoms with E-state index in [4.69, 9.17) is 0 Å². The molecule has 0 aliphatic carbocycles. The number of amides is 1. The monoisotopic (exact) mass is 314 g/mol. The van der Waals surface area contributed by atoms with E-state index in [1.54, 1.807) is 0 Å². The fraction of sp³-hybridized carbons (Fsp3) is 0.500. The van der Waals surface area contributed by atoms with E-state index in [0.29, 0.717) is 12.3 Å². The fourth-order valence-corrected chi connectivity index (χ4v) is 2.46. The van der Waals surface area contributed by atoms with E-state index in [1.807, 2.05) is 25.1 Å². The van der Waals surface area contributed by atoms with Gasteiger partial charge in [-0.1, -0.05) is 32.0 Å². The number of carbonyl (C=O) groups excluding carboxylic acids is 1. The minimum absolute atomic E-state index is 0.138. The lowest BCUT2D eigenvalue weighted by Gasteiger charge is -2.09. The highest BCUT2D eigenvalue weighted by molar-refractivity contribution is 5.75. The van der Waals surface area contributed by atoms with Crippen LogP contribution in [0.5, 0.6) is 0 Å². The molecular formula is C18H26N4O. The van der Waals surface area contributed by atoms with Gasteiger partial charge in [-0.15, -0.1) is 10.2 Å². The van der Waals surface area contributed by atoms with Crippen molar-refractivity contribution in [3.05, 3.63) is 42.0 Å². The highest BCUT2D eigenvalue weighted by atomic mass is 16.1. The van der Waals surface area contributed by atoms with Crippen molar-refractivity contribution < 1.29 is 4.79 Å². The zero-order valence-electron chi connectivity index (χ0n) is 14.2. The third-order valence-corrected chi connectivity index (χ3v) is 3.67. The zero-order chi connectivity index (χ0) is 16.7. The van der Waals surface area contributed by atoms with Crippen molar-refractivity contribution in [2.45, 2.75) is 46.5 Å². The van der Waals surface area contributed by atoms with Crippen LogP contribution in [0.2, 0.25) is 0 Å². The van der Waals surface area contributed by atoms with Crippen LogP contribution >= 0.6 is 0 Å². The van der Waals surface area contributed by atoms with Gasteiger partial charge < -0.3 is 5.32 Å². The largest absolute Gasteiger partial charge is 0.356 e. The molecule has 124 valence electrons. The summed E-state index contributed by atoms with van der Waals surface area (Å²) in [6.45, 7) is 6.90. The second-order valence-electron chi connectivity index (χ2n) is 6.24. The predicted octanol–water partition coefficient (Wildman–Crippen LogP) is 3.06. The number of nitrogens with one attached hydrogen (secondary N) is 1. The van der Waals surface area contributed by atoms with Crippen LogP contribution in [0, 0.1) is 12.8 Å². The van der Waals surface area contributed by atoms with Gasteiger partial charge in [0.25, 0.3) is 0 Å². The Kier molecular flexibility index (Phi) is 6.32. The van der Waals surface area contributed by atoms with E-state index in [0.717, 1.165) is 43.1 Å². The standard InChI is InChI=1S/C18H26N4O/c1-14(2)13-19-18(23)12-8-7-11-17-21-20-15(3)22(17)16-9-5-4-6-10-16/h4-6,9-10,14H,7-8,11-13H2,1-3H3,(H,19,23). The molecule has 0 unspecified atom stereocenters. The molecule has 0 saturated heterocycles. The first-order chi connectivity index (χ1) is 11.1. The molecule has 5 nitrogen and oxygen atoms in total. The van der Waals surface area contributed by atoms with E-state index in [1.165, 1.54) is 0 Å².